The van der Waals surface area contributed by atoms with Crippen LogP contribution in [0.5, 0.6) is 11.5 Å². The van der Waals surface area contributed by atoms with E-state index in [4.69, 9.17) is 18.9 Å². The number of benzene rings is 1. The van der Waals surface area contributed by atoms with E-state index in [1.165, 1.54) is 33.1 Å². The molecule has 0 heterocycles. The van der Waals surface area contributed by atoms with E-state index in [9.17, 15) is 19.2 Å². The molecule has 0 spiro atoms. The van der Waals surface area contributed by atoms with Crippen LogP contribution in [-0.4, -0.2) is 50.2 Å². The quantitative estimate of drug-likeness (QED) is 0.282. The molecule has 172 valence electrons. The average Bonchev–Trinajstić information content (AvgIpc) is 2.71. The smallest absolute Gasteiger partial charge is 0.323 e. The van der Waals surface area contributed by atoms with Crippen LogP contribution in [0.2, 0.25) is 0 Å². The van der Waals surface area contributed by atoms with E-state index in [1.54, 1.807) is 6.07 Å². The van der Waals surface area contributed by atoms with Crippen molar-refractivity contribution in [3.05, 3.63) is 23.8 Å². The zero-order valence-corrected chi connectivity index (χ0v) is 18.5. The lowest BCUT2D eigenvalue weighted by Gasteiger charge is -2.17. The van der Waals surface area contributed by atoms with Crippen molar-refractivity contribution in [1.82, 2.24) is 5.32 Å². The van der Waals surface area contributed by atoms with E-state index in [1.807, 2.05) is 0 Å². The minimum atomic E-state index is -0.714. The van der Waals surface area contributed by atoms with Crippen LogP contribution in [-0.2, 0) is 35.1 Å². The van der Waals surface area contributed by atoms with Gasteiger partial charge in [0, 0.05) is 26.8 Å². The molecule has 0 amide bonds. The van der Waals surface area contributed by atoms with Crippen molar-refractivity contribution in [3.63, 3.8) is 0 Å². The van der Waals surface area contributed by atoms with Gasteiger partial charge in [0.15, 0.2) is 11.5 Å². The van der Waals surface area contributed by atoms with Gasteiger partial charge in [0.2, 0.25) is 0 Å². The third-order valence-electron chi connectivity index (χ3n) is 4.18. The highest BCUT2D eigenvalue weighted by molar-refractivity contribution is 5.76. The zero-order chi connectivity index (χ0) is 23.2. The number of unbranched alkanes of at least 4 members (excludes halogenated alkanes) is 2. The van der Waals surface area contributed by atoms with Gasteiger partial charge in [-0.1, -0.05) is 25.8 Å². The second-order valence-electron chi connectivity index (χ2n) is 6.88. The standard InChI is InChI=1S/C22H31NO8/c1-5-6-7-8-21(26)29-12-11-23-18(22(27)28-4)13-17-9-10-19(30-15(2)24)20(14-17)31-16(3)25/h9-10,14,18,23H,5-8,11-13H2,1-4H3/t18-/m0/s1. The average molecular weight is 437 g/mol. The first-order valence-electron chi connectivity index (χ1n) is 10.2. The van der Waals surface area contributed by atoms with Gasteiger partial charge in [-0.25, -0.2) is 0 Å². The van der Waals surface area contributed by atoms with Crippen molar-refractivity contribution in [3.8, 4) is 11.5 Å². The van der Waals surface area contributed by atoms with Crippen molar-refractivity contribution in [2.75, 3.05) is 20.3 Å². The summed E-state index contributed by atoms with van der Waals surface area (Å²) in [6.45, 7) is 4.91. The molecule has 9 heteroatoms. The normalized spacial score (nSPS) is 11.4. The lowest BCUT2D eigenvalue weighted by molar-refractivity contribution is -0.144. The first kappa shape index (κ1) is 26.1. The van der Waals surface area contributed by atoms with E-state index >= 15 is 0 Å². The van der Waals surface area contributed by atoms with Crippen molar-refractivity contribution in [2.45, 2.75) is 58.9 Å². The minimum absolute atomic E-state index is 0.0739. The van der Waals surface area contributed by atoms with Crippen molar-refractivity contribution < 1.29 is 38.1 Å². The summed E-state index contributed by atoms with van der Waals surface area (Å²) in [5.74, 6) is -1.72. The molecule has 1 rings (SSSR count). The van der Waals surface area contributed by atoms with E-state index in [-0.39, 0.29) is 37.0 Å². The molecule has 9 nitrogen and oxygen atoms in total. The van der Waals surface area contributed by atoms with Crippen LogP contribution in [0.4, 0.5) is 0 Å². The molecule has 1 atom stereocenters. The molecule has 0 bridgehead atoms. The fourth-order valence-corrected chi connectivity index (χ4v) is 2.76. The summed E-state index contributed by atoms with van der Waals surface area (Å²) in [7, 11) is 1.28. The maximum Gasteiger partial charge on any atom is 0.323 e. The van der Waals surface area contributed by atoms with Crippen molar-refractivity contribution in [2.24, 2.45) is 0 Å². The van der Waals surface area contributed by atoms with Crippen LogP contribution in [0.25, 0.3) is 0 Å². The molecule has 0 aliphatic rings. The van der Waals surface area contributed by atoms with E-state index in [0.29, 0.717) is 12.0 Å². The molecule has 0 saturated heterocycles. The summed E-state index contributed by atoms with van der Waals surface area (Å²) >= 11 is 0. The zero-order valence-electron chi connectivity index (χ0n) is 18.5. The number of ether oxygens (including phenoxy) is 4. The monoisotopic (exact) mass is 437 g/mol. The van der Waals surface area contributed by atoms with Crippen LogP contribution in [0, 0.1) is 0 Å². The predicted molar refractivity (Wildman–Crippen MR) is 112 cm³/mol. The molecule has 0 aliphatic carbocycles. The number of carbonyl (C=O) groups is 4. The first-order chi connectivity index (χ1) is 14.8. The van der Waals surface area contributed by atoms with Gasteiger partial charge < -0.3 is 24.3 Å². The second kappa shape index (κ2) is 14.1. The number of carbonyl (C=O) groups excluding carboxylic acids is 4. The Balaban J connectivity index is 2.74. The van der Waals surface area contributed by atoms with Crippen LogP contribution in [0.3, 0.4) is 0 Å². The van der Waals surface area contributed by atoms with Crippen LogP contribution in [0.15, 0.2) is 18.2 Å². The molecule has 0 fully saturated rings. The van der Waals surface area contributed by atoms with Crippen LogP contribution < -0.4 is 14.8 Å². The maximum atomic E-state index is 12.1. The Morgan fingerprint density at radius 3 is 2.29 bits per heavy atom. The highest BCUT2D eigenvalue weighted by Gasteiger charge is 2.21. The first-order valence-corrected chi connectivity index (χ1v) is 10.2. The number of hydrogen-bond acceptors (Lipinski definition) is 9. The minimum Gasteiger partial charge on any atom is -0.468 e. The Bertz CT molecular complexity index is 762. The van der Waals surface area contributed by atoms with Gasteiger partial charge in [-0.15, -0.1) is 0 Å². The van der Waals surface area contributed by atoms with Crippen LogP contribution in [0.1, 0.15) is 52.0 Å². The fraction of sp³-hybridized carbons (Fsp3) is 0.545. The van der Waals surface area contributed by atoms with Gasteiger partial charge in [0.1, 0.15) is 12.6 Å². The largest absolute Gasteiger partial charge is 0.468 e. The van der Waals surface area contributed by atoms with Gasteiger partial charge in [-0.05, 0) is 30.5 Å². The lowest BCUT2D eigenvalue weighted by Crippen LogP contribution is -2.41. The van der Waals surface area contributed by atoms with Crippen molar-refractivity contribution in [1.29, 1.82) is 0 Å². The molecule has 31 heavy (non-hydrogen) atoms. The number of rotatable bonds is 13. The molecular formula is C22H31NO8. The Hall–Kier alpha value is -2.94. The number of nitrogens with one attached hydrogen (secondary N) is 1. The summed E-state index contributed by atoms with van der Waals surface area (Å²) in [6, 6.07) is 3.94. The van der Waals surface area contributed by atoms with Gasteiger partial charge >= 0.3 is 23.9 Å². The summed E-state index contributed by atoms with van der Waals surface area (Å²) < 4.78 is 20.1. The molecule has 0 saturated carbocycles. The molecule has 0 aromatic heterocycles. The molecular weight excluding hydrogens is 406 g/mol. The SMILES string of the molecule is CCCCCC(=O)OCCN[C@@H](Cc1ccc(OC(C)=O)c(OC(C)=O)c1)C(=O)OC. The number of methoxy groups -OCH3 is 1. The Labute approximate surface area is 182 Å². The molecule has 1 aromatic rings. The number of hydrogen-bond donors (Lipinski definition) is 1. The summed E-state index contributed by atoms with van der Waals surface area (Å²) in [4.78, 5) is 46.4. The van der Waals surface area contributed by atoms with Gasteiger partial charge in [-0.2, -0.15) is 0 Å². The second-order valence-corrected chi connectivity index (χ2v) is 6.88. The van der Waals surface area contributed by atoms with Gasteiger partial charge in [0.25, 0.3) is 0 Å². The Morgan fingerprint density at radius 2 is 1.68 bits per heavy atom. The van der Waals surface area contributed by atoms with Gasteiger partial charge in [-0.3, -0.25) is 19.2 Å². The molecule has 0 unspecified atom stereocenters. The third-order valence-corrected chi connectivity index (χ3v) is 4.18. The van der Waals surface area contributed by atoms with Gasteiger partial charge in [0.05, 0.1) is 7.11 Å². The fourth-order valence-electron chi connectivity index (χ4n) is 2.76. The topological polar surface area (TPSA) is 117 Å². The molecule has 0 aliphatic heterocycles. The maximum absolute atomic E-state index is 12.1. The van der Waals surface area contributed by atoms with Crippen molar-refractivity contribution >= 4 is 23.9 Å². The third kappa shape index (κ3) is 10.6. The Kier molecular flexibility index (Phi) is 11.9. The number of esters is 4. The lowest BCUT2D eigenvalue weighted by atomic mass is 10.1. The summed E-state index contributed by atoms with van der Waals surface area (Å²) in [5, 5.41) is 3.00. The highest BCUT2D eigenvalue weighted by atomic mass is 16.6. The molecule has 0 radical (unpaired) electrons. The van der Waals surface area contributed by atoms with E-state index in [0.717, 1.165) is 19.3 Å². The summed E-state index contributed by atoms with van der Waals surface area (Å²) in [5.41, 5.74) is 0.645. The predicted octanol–water partition coefficient (Wildman–Crippen LogP) is 2.33. The molecule has 1 aromatic carbocycles. The van der Waals surface area contributed by atoms with Crippen LogP contribution >= 0.6 is 0 Å². The summed E-state index contributed by atoms with van der Waals surface area (Å²) in [6.07, 6.45) is 3.38. The van der Waals surface area contributed by atoms with E-state index in [2.05, 4.69) is 12.2 Å². The Morgan fingerprint density at radius 1 is 1.00 bits per heavy atom. The van der Waals surface area contributed by atoms with E-state index < -0.39 is 23.9 Å². The highest BCUT2D eigenvalue weighted by Crippen LogP contribution is 2.29. The molecule has 1 N–H and O–H groups in total.